The predicted molar refractivity (Wildman–Crippen MR) is 117 cm³/mol. The Bertz CT molecular complexity index is 1090. The maximum Gasteiger partial charge on any atom is 0.305 e. The molecule has 1 aliphatic rings. The number of ketones is 1. The van der Waals surface area contributed by atoms with E-state index in [-0.39, 0.29) is 59.8 Å². The number of carbonyl (C=O) groups excluding carboxylic acids is 2. The Labute approximate surface area is 190 Å². The summed E-state index contributed by atoms with van der Waals surface area (Å²) in [7, 11) is 2.66. The molecule has 0 amide bonds. The molecular weight excluding hydrogens is 432 g/mol. The highest BCUT2D eigenvalue weighted by atomic mass is 16.5. The number of Topliss-reactive ketones (excluding diaryl/α,β-unsaturated/α-hetero) is 1. The first-order valence-electron chi connectivity index (χ1n) is 10.2. The van der Waals surface area contributed by atoms with Crippen molar-refractivity contribution in [3.05, 3.63) is 53.1 Å². The number of hydrogen-bond donors (Lipinski definition) is 4. The fourth-order valence-corrected chi connectivity index (χ4v) is 3.65. The van der Waals surface area contributed by atoms with Gasteiger partial charge >= 0.3 is 5.97 Å². The Balaban J connectivity index is 1.83. The van der Waals surface area contributed by atoms with Gasteiger partial charge in [0.25, 0.3) is 0 Å². The minimum Gasteiger partial charge on any atom is -0.507 e. The minimum absolute atomic E-state index is 0.000972. The van der Waals surface area contributed by atoms with Gasteiger partial charge in [0.05, 0.1) is 26.7 Å². The van der Waals surface area contributed by atoms with Crippen LogP contribution < -0.4 is 9.47 Å². The van der Waals surface area contributed by atoms with Gasteiger partial charge in [0, 0.05) is 24.5 Å². The van der Waals surface area contributed by atoms with Crippen molar-refractivity contribution in [3.8, 4) is 28.7 Å². The average molecular weight is 458 g/mol. The number of rotatable bonds is 8. The first kappa shape index (κ1) is 23.9. The largest absolute Gasteiger partial charge is 0.507 e. The first-order valence-corrected chi connectivity index (χ1v) is 10.2. The number of phenolic OH excluding ortho intramolecular Hbond substituents is 3. The highest BCUT2D eigenvalue weighted by Crippen LogP contribution is 2.45. The summed E-state index contributed by atoms with van der Waals surface area (Å²) in [5.41, 5.74) is 0.782. The molecule has 4 N–H and O–H groups in total. The summed E-state index contributed by atoms with van der Waals surface area (Å²) in [5, 5.41) is 41.4. The van der Waals surface area contributed by atoms with Crippen molar-refractivity contribution in [1.29, 1.82) is 0 Å². The molecule has 33 heavy (non-hydrogen) atoms. The van der Waals surface area contributed by atoms with Crippen molar-refractivity contribution in [2.75, 3.05) is 14.2 Å². The zero-order valence-corrected chi connectivity index (χ0v) is 18.3. The molecule has 3 rings (SSSR count). The second-order valence-corrected chi connectivity index (χ2v) is 7.72. The van der Waals surface area contributed by atoms with Crippen LogP contribution in [0.5, 0.6) is 28.7 Å². The molecule has 0 saturated carbocycles. The van der Waals surface area contributed by atoms with Crippen molar-refractivity contribution in [1.82, 2.24) is 0 Å². The van der Waals surface area contributed by atoms with Gasteiger partial charge in [0.15, 0.2) is 17.3 Å². The summed E-state index contributed by atoms with van der Waals surface area (Å²) in [6.45, 7) is 3.74. The lowest BCUT2D eigenvalue weighted by molar-refractivity contribution is -0.140. The van der Waals surface area contributed by atoms with Crippen molar-refractivity contribution in [3.63, 3.8) is 0 Å². The molecule has 0 saturated heterocycles. The van der Waals surface area contributed by atoms with E-state index in [4.69, 9.17) is 9.47 Å². The Hall–Kier alpha value is -3.72. The van der Waals surface area contributed by atoms with Gasteiger partial charge in [-0.3, -0.25) is 9.59 Å². The molecule has 0 aliphatic carbocycles. The minimum atomic E-state index is -1.17. The van der Waals surface area contributed by atoms with Gasteiger partial charge in [-0.1, -0.05) is 12.6 Å². The Morgan fingerprint density at radius 3 is 2.58 bits per heavy atom. The van der Waals surface area contributed by atoms with Crippen LogP contribution in [0.15, 0.2) is 36.4 Å². The SMILES string of the molecule is C=C(CCC(=O)OC)[C@H](O)Cc1c(O)cc2c(c1O)C(=O)C[C@@H](c1ccc(O)c(OC)c1)O2. The molecule has 2 aromatic rings. The second kappa shape index (κ2) is 9.83. The summed E-state index contributed by atoms with van der Waals surface area (Å²) in [4.78, 5) is 24.2. The number of carbonyl (C=O) groups is 2. The third kappa shape index (κ3) is 5.04. The van der Waals surface area contributed by atoms with Gasteiger partial charge in [-0.05, 0) is 29.7 Å². The van der Waals surface area contributed by atoms with Crippen LogP contribution in [-0.2, 0) is 16.0 Å². The van der Waals surface area contributed by atoms with E-state index in [0.29, 0.717) is 11.1 Å². The zero-order chi connectivity index (χ0) is 24.3. The summed E-state index contributed by atoms with van der Waals surface area (Å²) in [6.07, 6.45) is -1.98. The van der Waals surface area contributed by atoms with Crippen LogP contribution in [0.3, 0.4) is 0 Å². The number of fused-ring (bicyclic) bond motifs is 1. The molecule has 0 aromatic heterocycles. The van der Waals surface area contributed by atoms with Crippen LogP contribution in [-0.4, -0.2) is 52.5 Å². The first-order chi connectivity index (χ1) is 15.7. The molecule has 9 nitrogen and oxygen atoms in total. The smallest absolute Gasteiger partial charge is 0.305 e. The number of phenols is 3. The van der Waals surface area contributed by atoms with E-state index in [2.05, 4.69) is 11.3 Å². The number of methoxy groups -OCH3 is 2. The maximum atomic E-state index is 12.9. The molecule has 0 spiro atoms. The predicted octanol–water partition coefficient (Wildman–Crippen LogP) is 2.93. The van der Waals surface area contributed by atoms with Gasteiger partial charge in [0.2, 0.25) is 0 Å². The third-order valence-corrected chi connectivity index (χ3v) is 5.59. The number of ether oxygens (including phenoxy) is 3. The van der Waals surface area contributed by atoms with Crippen LogP contribution in [0.4, 0.5) is 0 Å². The van der Waals surface area contributed by atoms with E-state index in [1.54, 1.807) is 12.1 Å². The van der Waals surface area contributed by atoms with Crippen LogP contribution in [0.25, 0.3) is 0 Å². The van der Waals surface area contributed by atoms with Crippen LogP contribution in [0, 0.1) is 0 Å². The standard InChI is InChI=1S/C24H26O9/c1-12(4-7-22(29)32-3)16(26)9-14-17(27)10-21-23(24(14)30)18(28)11-19(33-21)13-5-6-15(25)20(8-13)31-2/h5-6,8,10,16,19,25-27,30H,1,4,7,9,11H2,2-3H3/t16-,19+/m1/s1. The quantitative estimate of drug-likeness (QED) is 0.347. The average Bonchev–Trinajstić information content (AvgIpc) is 2.79. The maximum absolute atomic E-state index is 12.9. The molecule has 1 aliphatic heterocycles. The number of benzene rings is 2. The summed E-state index contributed by atoms with van der Waals surface area (Å²) >= 11 is 0. The fourth-order valence-electron chi connectivity index (χ4n) is 3.65. The molecule has 0 bridgehead atoms. The van der Waals surface area contributed by atoms with Crippen molar-refractivity contribution in [2.24, 2.45) is 0 Å². The van der Waals surface area contributed by atoms with E-state index >= 15 is 0 Å². The molecule has 0 radical (unpaired) electrons. The van der Waals surface area contributed by atoms with Crippen molar-refractivity contribution < 1.29 is 44.2 Å². The highest BCUT2D eigenvalue weighted by Gasteiger charge is 2.33. The molecule has 2 atom stereocenters. The fraction of sp³-hybridized carbons (Fsp3) is 0.333. The monoisotopic (exact) mass is 458 g/mol. The van der Waals surface area contributed by atoms with Crippen LogP contribution in [0.2, 0.25) is 0 Å². The van der Waals surface area contributed by atoms with Gasteiger partial charge in [-0.15, -0.1) is 0 Å². The lowest BCUT2D eigenvalue weighted by Crippen LogP contribution is -2.21. The molecule has 2 aromatic carbocycles. The van der Waals surface area contributed by atoms with E-state index < -0.39 is 29.7 Å². The van der Waals surface area contributed by atoms with E-state index in [1.807, 2.05) is 0 Å². The van der Waals surface area contributed by atoms with Gasteiger partial charge in [-0.25, -0.2) is 0 Å². The molecule has 0 fully saturated rings. The normalized spacial score (nSPS) is 15.8. The third-order valence-electron chi connectivity index (χ3n) is 5.59. The number of aliphatic hydroxyl groups excluding tert-OH is 1. The van der Waals surface area contributed by atoms with Gasteiger partial charge in [0.1, 0.15) is 28.9 Å². The van der Waals surface area contributed by atoms with Crippen molar-refractivity contribution >= 4 is 11.8 Å². The van der Waals surface area contributed by atoms with E-state index in [1.165, 1.54) is 26.4 Å². The molecule has 176 valence electrons. The summed E-state index contributed by atoms with van der Waals surface area (Å²) < 4.78 is 15.5. The summed E-state index contributed by atoms with van der Waals surface area (Å²) in [5.74, 6) is -1.54. The Morgan fingerprint density at radius 2 is 1.91 bits per heavy atom. The van der Waals surface area contributed by atoms with Crippen LogP contribution in [0.1, 0.15) is 46.9 Å². The molecule has 9 heteroatoms. The summed E-state index contributed by atoms with van der Waals surface area (Å²) in [6, 6.07) is 5.77. The Kier molecular flexibility index (Phi) is 7.13. The molecular formula is C24H26O9. The van der Waals surface area contributed by atoms with E-state index in [9.17, 15) is 30.0 Å². The Morgan fingerprint density at radius 1 is 1.18 bits per heavy atom. The number of esters is 1. The number of hydrogen-bond acceptors (Lipinski definition) is 9. The van der Waals surface area contributed by atoms with E-state index in [0.717, 1.165) is 0 Å². The zero-order valence-electron chi connectivity index (χ0n) is 18.3. The molecule has 1 heterocycles. The topological polar surface area (TPSA) is 143 Å². The van der Waals surface area contributed by atoms with Gasteiger partial charge < -0.3 is 34.6 Å². The van der Waals surface area contributed by atoms with Gasteiger partial charge in [-0.2, -0.15) is 0 Å². The number of aromatic hydroxyl groups is 3. The second-order valence-electron chi connectivity index (χ2n) is 7.72. The molecule has 0 unspecified atom stereocenters. The highest BCUT2D eigenvalue weighted by molar-refractivity contribution is 6.03. The lowest BCUT2D eigenvalue weighted by Gasteiger charge is -2.27. The van der Waals surface area contributed by atoms with Crippen molar-refractivity contribution in [2.45, 2.75) is 37.9 Å². The lowest BCUT2D eigenvalue weighted by atomic mass is 9.91. The number of aliphatic hydroxyl groups is 1. The van der Waals surface area contributed by atoms with Crippen LogP contribution >= 0.6 is 0 Å².